The summed E-state index contributed by atoms with van der Waals surface area (Å²) >= 11 is 1.11. The Morgan fingerprint density at radius 2 is 1.78 bits per heavy atom. The minimum absolute atomic E-state index is 0.0492. The lowest BCUT2D eigenvalue weighted by Gasteiger charge is -2.32. The molecule has 2 rings (SSSR count). The number of esters is 1. The normalized spacial score (nSPS) is 18.5. The molecule has 8 heteroatoms. The molecule has 0 amide bonds. The van der Waals surface area contributed by atoms with Crippen LogP contribution in [-0.2, 0) is 18.8 Å². The number of hydrogen-bond acceptors (Lipinski definition) is 6. The molecule has 0 atom stereocenters. The van der Waals surface area contributed by atoms with E-state index in [4.69, 9.17) is 9.31 Å². The number of thioether (sulfide) groups is 1. The Morgan fingerprint density at radius 3 is 2.30 bits per heavy atom. The number of rotatable bonds is 5. The van der Waals surface area contributed by atoms with Crippen LogP contribution in [0.3, 0.4) is 0 Å². The van der Waals surface area contributed by atoms with E-state index in [1.165, 1.54) is 26.2 Å². The lowest BCUT2D eigenvalue weighted by molar-refractivity contribution is -0.109. The van der Waals surface area contributed by atoms with Crippen molar-refractivity contribution < 1.29 is 28.0 Å². The molecule has 0 N–H and O–H groups in total. The van der Waals surface area contributed by atoms with Gasteiger partial charge >= 0.3 is 13.1 Å². The van der Waals surface area contributed by atoms with Gasteiger partial charge in [0.1, 0.15) is 5.82 Å². The van der Waals surface area contributed by atoms with Crippen molar-refractivity contribution in [2.75, 3.05) is 12.9 Å². The Morgan fingerprint density at radius 1 is 1.19 bits per heavy atom. The first-order valence-electron chi connectivity index (χ1n) is 8.53. The molecular weight excluding hydrogens is 370 g/mol. The first-order valence-corrected chi connectivity index (χ1v) is 9.52. The number of carbonyl (C=O) groups is 2. The summed E-state index contributed by atoms with van der Waals surface area (Å²) in [6.07, 6.45) is 1.69. The summed E-state index contributed by atoms with van der Waals surface area (Å²) in [5.74, 6) is -0.855. The van der Waals surface area contributed by atoms with Crippen molar-refractivity contribution in [2.24, 2.45) is 0 Å². The van der Waals surface area contributed by atoms with E-state index >= 15 is 0 Å². The molecular formula is C19H24BFO5S. The van der Waals surface area contributed by atoms with Crippen LogP contribution in [0.2, 0.25) is 0 Å². The van der Waals surface area contributed by atoms with Crippen LogP contribution < -0.4 is 0 Å². The zero-order valence-corrected chi connectivity index (χ0v) is 17.2. The van der Waals surface area contributed by atoms with Gasteiger partial charge in [-0.1, -0.05) is 17.8 Å². The molecule has 5 nitrogen and oxygen atoms in total. The first-order chi connectivity index (χ1) is 12.4. The van der Waals surface area contributed by atoms with Gasteiger partial charge in [-0.3, -0.25) is 4.79 Å². The van der Waals surface area contributed by atoms with E-state index < -0.39 is 30.1 Å². The third-order valence-electron chi connectivity index (χ3n) is 4.69. The minimum atomic E-state index is -0.674. The summed E-state index contributed by atoms with van der Waals surface area (Å²) < 4.78 is 30.7. The van der Waals surface area contributed by atoms with E-state index in [1.807, 2.05) is 27.7 Å². The van der Waals surface area contributed by atoms with E-state index in [2.05, 4.69) is 4.74 Å². The van der Waals surface area contributed by atoms with Gasteiger partial charge in [0.25, 0.3) is 0 Å². The highest BCUT2D eigenvalue weighted by Gasteiger charge is 2.52. The molecule has 0 bridgehead atoms. The molecule has 1 aliphatic heterocycles. The molecule has 146 valence electrons. The van der Waals surface area contributed by atoms with Crippen LogP contribution in [0.4, 0.5) is 4.39 Å². The standard InChI is InChI=1S/C19H24BFO5S/c1-12(22)27-11-15(20-25-18(2,3)19(4,5)26-20)8-13-7-14(17(23)24-6)10-16(21)9-13/h7-10H,11H2,1-6H3. The highest BCUT2D eigenvalue weighted by Crippen LogP contribution is 2.39. The van der Waals surface area contributed by atoms with Crippen LogP contribution in [0.1, 0.15) is 50.5 Å². The van der Waals surface area contributed by atoms with Crippen LogP contribution in [0.25, 0.3) is 6.08 Å². The zero-order chi connectivity index (χ0) is 20.4. The van der Waals surface area contributed by atoms with Gasteiger partial charge < -0.3 is 14.0 Å². The lowest BCUT2D eigenvalue weighted by Crippen LogP contribution is -2.41. The molecule has 1 fully saturated rings. The van der Waals surface area contributed by atoms with Gasteiger partial charge in [0.05, 0.1) is 23.9 Å². The highest BCUT2D eigenvalue weighted by atomic mass is 32.2. The molecule has 1 saturated heterocycles. The Labute approximate surface area is 163 Å². The quantitative estimate of drug-likeness (QED) is 0.558. The van der Waals surface area contributed by atoms with Gasteiger partial charge in [-0.2, -0.15) is 0 Å². The maximum atomic E-state index is 14.0. The predicted octanol–water partition coefficient (Wildman–Crippen LogP) is 3.91. The third-order valence-corrected chi connectivity index (χ3v) is 5.58. The fourth-order valence-corrected chi connectivity index (χ4v) is 3.09. The molecule has 0 spiro atoms. The Kier molecular flexibility index (Phi) is 6.55. The van der Waals surface area contributed by atoms with Crippen LogP contribution in [0, 0.1) is 5.82 Å². The van der Waals surface area contributed by atoms with Crippen molar-refractivity contribution in [3.8, 4) is 0 Å². The minimum Gasteiger partial charge on any atom is -0.465 e. The molecule has 1 heterocycles. The van der Waals surface area contributed by atoms with Crippen LogP contribution >= 0.6 is 11.8 Å². The monoisotopic (exact) mass is 394 g/mol. The molecule has 1 aromatic carbocycles. The van der Waals surface area contributed by atoms with E-state index in [0.29, 0.717) is 16.8 Å². The Bertz CT molecular complexity index is 759. The fraction of sp³-hybridized carbons (Fsp3) is 0.474. The maximum Gasteiger partial charge on any atom is 0.491 e. The van der Waals surface area contributed by atoms with Gasteiger partial charge in [0, 0.05) is 12.7 Å². The Hall–Kier alpha value is -1.64. The third kappa shape index (κ3) is 5.21. The molecule has 27 heavy (non-hydrogen) atoms. The van der Waals surface area contributed by atoms with Crippen molar-refractivity contribution in [3.63, 3.8) is 0 Å². The van der Waals surface area contributed by atoms with Gasteiger partial charge in [-0.25, -0.2) is 9.18 Å². The van der Waals surface area contributed by atoms with Gasteiger partial charge in [0.15, 0.2) is 5.12 Å². The smallest absolute Gasteiger partial charge is 0.465 e. The van der Waals surface area contributed by atoms with Crippen molar-refractivity contribution >= 4 is 36.0 Å². The number of hydrogen-bond donors (Lipinski definition) is 0. The van der Waals surface area contributed by atoms with E-state index in [-0.39, 0.29) is 10.7 Å². The topological polar surface area (TPSA) is 61.8 Å². The first kappa shape index (κ1) is 21.7. The van der Waals surface area contributed by atoms with E-state index in [9.17, 15) is 14.0 Å². The van der Waals surface area contributed by atoms with Crippen LogP contribution in [0.5, 0.6) is 0 Å². The molecule has 1 aliphatic rings. The molecule has 0 aromatic heterocycles. The van der Waals surface area contributed by atoms with E-state index in [1.54, 1.807) is 6.08 Å². The molecule has 0 radical (unpaired) electrons. The zero-order valence-electron chi connectivity index (χ0n) is 16.4. The molecule has 0 aliphatic carbocycles. The highest BCUT2D eigenvalue weighted by molar-refractivity contribution is 8.13. The number of benzene rings is 1. The SMILES string of the molecule is COC(=O)c1cc(F)cc(C=C(CSC(C)=O)B2OC(C)(C)C(C)(C)O2)c1. The van der Waals surface area contributed by atoms with Gasteiger partial charge in [-0.15, -0.1) is 0 Å². The second kappa shape index (κ2) is 8.16. The fourth-order valence-electron chi connectivity index (χ4n) is 2.50. The maximum absolute atomic E-state index is 14.0. The summed E-state index contributed by atoms with van der Waals surface area (Å²) in [5.41, 5.74) is 0.156. The van der Waals surface area contributed by atoms with E-state index in [0.717, 1.165) is 17.8 Å². The van der Waals surface area contributed by atoms with Crippen molar-refractivity contribution in [1.29, 1.82) is 0 Å². The van der Waals surface area contributed by atoms with Gasteiger partial charge in [0.2, 0.25) is 0 Å². The average molecular weight is 394 g/mol. The summed E-state index contributed by atoms with van der Waals surface area (Å²) in [7, 11) is 0.564. The van der Waals surface area contributed by atoms with Crippen molar-refractivity contribution in [3.05, 3.63) is 40.6 Å². The van der Waals surface area contributed by atoms with Crippen molar-refractivity contribution in [1.82, 2.24) is 0 Å². The van der Waals surface area contributed by atoms with Gasteiger partial charge in [-0.05, 0) is 56.9 Å². The number of methoxy groups -OCH3 is 1. The second-order valence-electron chi connectivity index (χ2n) is 7.35. The predicted molar refractivity (Wildman–Crippen MR) is 105 cm³/mol. The number of carbonyl (C=O) groups excluding carboxylic acids is 2. The summed E-state index contributed by atoms with van der Waals surface area (Å²) in [6, 6.07) is 3.94. The summed E-state index contributed by atoms with van der Waals surface area (Å²) in [6.45, 7) is 9.20. The Balaban J connectivity index is 2.41. The number of ether oxygens (including phenoxy) is 1. The largest absolute Gasteiger partial charge is 0.491 e. The molecule has 0 saturated carbocycles. The summed E-state index contributed by atoms with van der Waals surface area (Å²) in [4.78, 5) is 23.2. The number of halogens is 1. The van der Waals surface area contributed by atoms with Crippen LogP contribution in [-0.4, -0.2) is 42.3 Å². The lowest BCUT2D eigenvalue weighted by atomic mass is 9.78. The van der Waals surface area contributed by atoms with Crippen molar-refractivity contribution in [2.45, 2.75) is 45.8 Å². The summed E-state index contributed by atoms with van der Waals surface area (Å²) in [5, 5.41) is -0.0492. The second-order valence-corrected chi connectivity index (χ2v) is 8.50. The van der Waals surface area contributed by atoms with Crippen LogP contribution in [0.15, 0.2) is 23.7 Å². The molecule has 1 aromatic rings. The molecule has 0 unspecified atom stereocenters. The average Bonchev–Trinajstić information content (AvgIpc) is 2.77.